The number of carbonyl (C=O) groups excluding carboxylic acids is 3. The molecule has 1 rings (SSSR count). The summed E-state index contributed by atoms with van der Waals surface area (Å²) in [7, 11) is 2.94. The van der Waals surface area contributed by atoms with Crippen molar-refractivity contribution in [3.05, 3.63) is 35.9 Å². The molecule has 0 saturated heterocycles. The fourth-order valence-electron chi connectivity index (χ4n) is 4.73. The van der Waals surface area contributed by atoms with Crippen LogP contribution in [0.1, 0.15) is 67.4 Å². The van der Waals surface area contributed by atoms with Crippen LogP contribution < -0.4 is 5.32 Å². The number of carboxylic acid groups (broad SMARTS) is 1. The first-order valence-corrected chi connectivity index (χ1v) is 12.6. The SMILES string of the molecule is CC[C@H](C(=O)N[C@H](C(=O)N(C)[C@H](C(=O)N(C)CC(=O)O)C(C)C)C(C)(C)C)C(C)(C)c1ccccc1. The Balaban J connectivity index is 3.28. The van der Waals surface area contributed by atoms with Gasteiger partial charge in [0.05, 0.1) is 0 Å². The summed E-state index contributed by atoms with van der Waals surface area (Å²) in [5.74, 6) is -2.85. The maximum Gasteiger partial charge on any atom is 0.323 e. The number of hydrogen-bond acceptors (Lipinski definition) is 4. The number of hydrogen-bond donors (Lipinski definition) is 2. The molecule has 36 heavy (non-hydrogen) atoms. The van der Waals surface area contributed by atoms with E-state index in [2.05, 4.69) is 5.32 Å². The molecule has 0 unspecified atom stereocenters. The normalized spacial score (nSPS) is 14.5. The predicted octanol–water partition coefficient (Wildman–Crippen LogP) is 3.55. The maximum atomic E-state index is 13.8. The van der Waals surface area contributed by atoms with Gasteiger partial charge in [-0.05, 0) is 23.3 Å². The zero-order valence-corrected chi connectivity index (χ0v) is 23.6. The van der Waals surface area contributed by atoms with Crippen LogP contribution in [0, 0.1) is 17.3 Å². The molecular weight excluding hydrogens is 458 g/mol. The maximum absolute atomic E-state index is 13.8. The first-order valence-electron chi connectivity index (χ1n) is 12.6. The van der Waals surface area contributed by atoms with Crippen molar-refractivity contribution < 1.29 is 24.3 Å². The highest BCUT2D eigenvalue weighted by molar-refractivity contribution is 5.94. The number of nitrogens with one attached hydrogen (secondary N) is 1. The summed E-state index contributed by atoms with van der Waals surface area (Å²) in [6.45, 7) is 14.8. The summed E-state index contributed by atoms with van der Waals surface area (Å²) in [4.78, 5) is 54.1. The third-order valence-electron chi connectivity index (χ3n) is 6.91. The summed E-state index contributed by atoms with van der Waals surface area (Å²) in [6.07, 6.45) is 0.585. The van der Waals surface area contributed by atoms with Gasteiger partial charge in [-0.1, -0.05) is 85.7 Å². The second kappa shape index (κ2) is 12.4. The number of aliphatic carboxylic acids is 1. The smallest absolute Gasteiger partial charge is 0.323 e. The van der Waals surface area contributed by atoms with Gasteiger partial charge < -0.3 is 20.2 Å². The highest BCUT2D eigenvalue weighted by Gasteiger charge is 2.43. The molecule has 0 aliphatic heterocycles. The van der Waals surface area contributed by atoms with Gasteiger partial charge in [-0.25, -0.2) is 0 Å². The molecule has 0 aromatic heterocycles. The third-order valence-corrected chi connectivity index (χ3v) is 6.91. The molecule has 1 aromatic carbocycles. The number of likely N-dealkylation sites (N-methyl/N-ethyl adjacent to an activating group) is 2. The molecule has 0 fully saturated rings. The summed E-state index contributed by atoms with van der Waals surface area (Å²) in [6, 6.07) is 8.09. The molecule has 0 heterocycles. The van der Waals surface area contributed by atoms with E-state index in [0.717, 1.165) is 10.5 Å². The van der Waals surface area contributed by atoms with Gasteiger partial charge in [0.25, 0.3) is 0 Å². The Hall–Kier alpha value is -2.90. The van der Waals surface area contributed by atoms with E-state index < -0.39 is 41.3 Å². The van der Waals surface area contributed by atoms with Crippen molar-refractivity contribution >= 4 is 23.7 Å². The molecule has 8 nitrogen and oxygen atoms in total. The Morgan fingerprint density at radius 2 is 1.47 bits per heavy atom. The van der Waals surface area contributed by atoms with E-state index in [1.165, 1.54) is 19.0 Å². The Bertz CT molecular complexity index is 921. The zero-order valence-electron chi connectivity index (χ0n) is 23.6. The van der Waals surface area contributed by atoms with E-state index in [4.69, 9.17) is 5.11 Å². The van der Waals surface area contributed by atoms with Crippen molar-refractivity contribution in [3.63, 3.8) is 0 Å². The molecule has 0 radical (unpaired) electrons. The van der Waals surface area contributed by atoms with Crippen LogP contribution in [-0.2, 0) is 24.6 Å². The molecule has 0 bridgehead atoms. The van der Waals surface area contributed by atoms with Crippen LogP contribution in [0.3, 0.4) is 0 Å². The van der Waals surface area contributed by atoms with E-state index in [1.54, 1.807) is 13.8 Å². The molecule has 8 heteroatoms. The molecule has 1 aromatic rings. The molecule has 3 atom stereocenters. The molecule has 202 valence electrons. The Morgan fingerprint density at radius 3 is 1.89 bits per heavy atom. The lowest BCUT2D eigenvalue weighted by Crippen LogP contribution is -2.60. The Kier molecular flexibility index (Phi) is 10.7. The van der Waals surface area contributed by atoms with Gasteiger partial charge in [-0.2, -0.15) is 0 Å². The lowest BCUT2D eigenvalue weighted by molar-refractivity contribution is -0.152. The van der Waals surface area contributed by atoms with Crippen molar-refractivity contribution in [1.82, 2.24) is 15.1 Å². The predicted molar refractivity (Wildman–Crippen MR) is 141 cm³/mol. The number of carboxylic acids is 1. The Morgan fingerprint density at radius 1 is 0.944 bits per heavy atom. The van der Waals surface area contributed by atoms with Gasteiger partial charge in [0.2, 0.25) is 17.7 Å². The Labute approximate surface area is 216 Å². The number of carbonyl (C=O) groups is 4. The topological polar surface area (TPSA) is 107 Å². The lowest BCUT2D eigenvalue weighted by Gasteiger charge is -2.40. The largest absolute Gasteiger partial charge is 0.480 e. The number of benzene rings is 1. The van der Waals surface area contributed by atoms with Crippen molar-refractivity contribution in [2.24, 2.45) is 17.3 Å². The van der Waals surface area contributed by atoms with Gasteiger partial charge in [-0.15, -0.1) is 0 Å². The lowest BCUT2D eigenvalue weighted by atomic mass is 9.71. The number of amides is 3. The fourth-order valence-corrected chi connectivity index (χ4v) is 4.73. The van der Waals surface area contributed by atoms with Gasteiger partial charge in [0.15, 0.2) is 0 Å². The molecule has 3 amide bonds. The van der Waals surface area contributed by atoms with E-state index in [1.807, 2.05) is 71.9 Å². The molecular formula is C28H45N3O5. The highest BCUT2D eigenvalue weighted by Crippen LogP contribution is 2.34. The molecule has 0 saturated carbocycles. The van der Waals surface area contributed by atoms with E-state index in [-0.39, 0.29) is 23.7 Å². The molecule has 0 spiro atoms. The summed E-state index contributed by atoms with van der Waals surface area (Å²) >= 11 is 0. The van der Waals surface area contributed by atoms with Crippen LogP contribution in [0.15, 0.2) is 30.3 Å². The van der Waals surface area contributed by atoms with Crippen LogP contribution in [0.5, 0.6) is 0 Å². The minimum absolute atomic E-state index is 0.219. The fraction of sp³-hybridized carbons (Fsp3) is 0.643. The van der Waals surface area contributed by atoms with Crippen molar-refractivity contribution in [2.75, 3.05) is 20.6 Å². The first-order chi connectivity index (χ1) is 16.5. The summed E-state index contributed by atoms with van der Waals surface area (Å²) < 4.78 is 0. The van der Waals surface area contributed by atoms with Crippen LogP contribution in [-0.4, -0.2) is 71.3 Å². The zero-order chi connectivity index (χ0) is 28.0. The van der Waals surface area contributed by atoms with E-state index >= 15 is 0 Å². The average Bonchev–Trinajstić information content (AvgIpc) is 2.76. The van der Waals surface area contributed by atoms with E-state index in [9.17, 15) is 19.2 Å². The van der Waals surface area contributed by atoms with Crippen molar-refractivity contribution in [3.8, 4) is 0 Å². The third kappa shape index (κ3) is 7.55. The monoisotopic (exact) mass is 503 g/mol. The minimum atomic E-state index is -1.13. The molecule has 2 N–H and O–H groups in total. The molecule has 0 aliphatic rings. The minimum Gasteiger partial charge on any atom is -0.480 e. The van der Waals surface area contributed by atoms with Gasteiger partial charge in [-0.3, -0.25) is 19.2 Å². The standard InChI is InChI=1S/C28H45N3O5/c1-11-20(28(7,8)19-15-13-12-14-16-19)24(34)29-23(27(4,5)6)26(36)31(10)22(18(2)3)25(35)30(9)17-21(32)33/h12-16,18,20,22-23H,11,17H2,1-10H3,(H,29,34)(H,32,33)/t20-,22+,23-/m1/s1. The van der Waals surface area contributed by atoms with Crippen LogP contribution in [0.2, 0.25) is 0 Å². The first kappa shape index (κ1) is 31.1. The second-order valence-corrected chi connectivity index (χ2v) is 11.6. The van der Waals surface area contributed by atoms with Crippen LogP contribution in [0.25, 0.3) is 0 Å². The van der Waals surface area contributed by atoms with Gasteiger partial charge in [0.1, 0.15) is 18.6 Å². The van der Waals surface area contributed by atoms with Gasteiger partial charge in [0, 0.05) is 25.4 Å². The average molecular weight is 504 g/mol. The number of nitrogens with zero attached hydrogens (tertiary/aromatic N) is 2. The van der Waals surface area contributed by atoms with E-state index in [0.29, 0.717) is 6.42 Å². The van der Waals surface area contributed by atoms with Crippen molar-refractivity contribution in [1.29, 1.82) is 0 Å². The highest BCUT2D eigenvalue weighted by atomic mass is 16.4. The summed E-state index contributed by atoms with van der Waals surface area (Å²) in [5.41, 5.74) is -0.0593. The van der Waals surface area contributed by atoms with Crippen LogP contribution in [0.4, 0.5) is 0 Å². The summed E-state index contributed by atoms with van der Waals surface area (Å²) in [5, 5.41) is 12.1. The number of rotatable bonds is 11. The van der Waals surface area contributed by atoms with Crippen molar-refractivity contribution in [2.45, 2.75) is 79.3 Å². The van der Waals surface area contributed by atoms with Crippen LogP contribution >= 0.6 is 0 Å². The second-order valence-electron chi connectivity index (χ2n) is 11.6. The quantitative estimate of drug-likeness (QED) is 0.480. The molecule has 0 aliphatic carbocycles. The van der Waals surface area contributed by atoms with Gasteiger partial charge >= 0.3 is 5.97 Å².